The number of rotatable bonds is 10. The van der Waals surface area contributed by atoms with Crippen LogP contribution >= 0.6 is 0 Å². The number of hydrogen-bond acceptors (Lipinski definition) is 6. The number of amides is 2. The van der Waals surface area contributed by atoms with E-state index in [-0.39, 0.29) is 11.6 Å². The molecule has 0 atom stereocenters. The molecule has 9 heteroatoms. The molecule has 25 heavy (non-hydrogen) atoms. The summed E-state index contributed by atoms with van der Waals surface area (Å²) < 4.78 is 0. The number of aliphatic hydroxyl groups excluding tert-OH is 1. The van der Waals surface area contributed by atoms with Gasteiger partial charge in [-0.2, -0.15) is 0 Å². The summed E-state index contributed by atoms with van der Waals surface area (Å²) in [5.74, 6) is -0.934. The predicted octanol–water partition coefficient (Wildman–Crippen LogP) is 1.53. The number of aliphatic hydroxyl groups is 1. The maximum atomic E-state index is 12.1. The first-order valence-electron chi connectivity index (χ1n) is 8.13. The molecular weight excluding hydrogens is 328 g/mol. The predicted molar refractivity (Wildman–Crippen MR) is 87.1 cm³/mol. The van der Waals surface area contributed by atoms with Crippen molar-refractivity contribution in [3.63, 3.8) is 0 Å². The molecule has 1 N–H and O–H groups in total. The van der Waals surface area contributed by atoms with Crippen molar-refractivity contribution in [3.05, 3.63) is 40.6 Å². The van der Waals surface area contributed by atoms with Crippen molar-refractivity contribution < 1.29 is 24.5 Å². The van der Waals surface area contributed by atoms with Gasteiger partial charge in [-0.25, -0.2) is 4.90 Å². The minimum atomic E-state index is -0.467. The standard InChI is InChI=1S/C16H22N4O5/c1-18(10-6-2-3-7-11-21)20(24)17-25-12-19-15(22)13-8-4-5-9-14(13)16(19)23/h4-5,8-9,21H,2-3,6-7,10-12H2,1H3. The second-order valence-electron chi connectivity index (χ2n) is 5.70. The van der Waals surface area contributed by atoms with Crippen LogP contribution in [0.5, 0.6) is 0 Å². The first-order valence-corrected chi connectivity index (χ1v) is 8.13. The van der Waals surface area contributed by atoms with Crippen LogP contribution in [0.3, 0.4) is 0 Å². The van der Waals surface area contributed by atoms with E-state index in [1.54, 1.807) is 31.3 Å². The molecular formula is C16H22N4O5. The summed E-state index contributed by atoms with van der Waals surface area (Å²) >= 11 is 0. The number of carbonyl (C=O) groups excluding carboxylic acids is 2. The lowest BCUT2D eigenvalue weighted by atomic mass is 10.1. The lowest BCUT2D eigenvalue weighted by Gasteiger charge is -2.14. The first kappa shape index (κ1) is 18.7. The Balaban J connectivity index is 1.79. The molecule has 0 aliphatic carbocycles. The molecule has 1 aromatic rings. The van der Waals surface area contributed by atoms with Crippen molar-refractivity contribution in [2.75, 3.05) is 26.9 Å². The molecule has 0 saturated heterocycles. The number of carbonyl (C=O) groups is 2. The Hall–Kier alpha value is -2.68. The fourth-order valence-corrected chi connectivity index (χ4v) is 2.44. The van der Waals surface area contributed by atoms with Gasteiger partial charge in [-0.3, -0.25) is 9.59 Å². The largest absolute Gasteiger partial charge is 0.569 e. The Morgan fingerprint density at radius 2 is 1.76 bits per heavy atom. The number of unbranched alkanes of at least 4 members (excludes halogenated alkanes) is 3. The minimum Gasteiger partial charge on any atom is -0.569 e. The number of benzene rings is 1. The van der Waals surface area contributed by atoms with Crippen molar-refractivity contribution in [2.45, 2.75) is 25.7 Å². The smallest absolute Gasteiger partial charge is 0.264 e. The van der Waals surface area contributed by atoms with Crippen LogP contribution in [-0.2, 0) is 4.84 Å². The van der Waals surface area contributed by atoms with Crippen LogP contribution in [0.2, 0.25) is 0 Å². The van der Waals surface area contributed by atoms with Crippen LogP contribution in [0.4, 0.5) is 0 Å². The molecule has 1 aliphatic rings. The molecule has 2 rings (SSSR count). The highest BCUT2D eigenvalue weighted by atomic mass is 16.7. The van der Waals surface area contributed by atoms with E-state index in [4.69, 9.17) is 9.94 Å². The summed E-state index contributed by atoms with van der Waals surface area (Å²) in [5.41, 5.74) is 0.630. The monoisotopic (exact) mass is 350 g/mol. The summed E-state index contributed by atoms with van der Waals surface area (Å²) in [4.78, 5) is 30.3. The maximum Gasteiger partial charge on any atom is 0.264 e. The third-order valence-electron chi connectivity index (χ3n) is 3.87. The molecule has 1 heterocycles. The van der Waals surface area contributed by atoms with Crippen LogP contribution in [-0.4, -0.2) is 58.7 Å². The van der Waals surface area contributed by atoms with Gasteiger partial charge in [0.25, 0.3) is 11.8 Å². The van der Waals surface area contributed by atoms with Crippen molar-refractivity contribution in [3.8, 4) is 0 Å². The number of fused-ring (bicyclic) bond motifs is 1. The van der Waals surface area contributed by atoms with Gasteiger partial charge in [0, 0.05) is 6.61 Å². The van der Waals surface area contributed by atoms with E-state index in [1.165, 1.54) is 5.01 Å². The van der Waals surface area contributed by atoms with E-state index < -0.39 is 18.5 Å². The van der Waals surface area contributed by atoms with Gasteiger partial charge >= 0.3 is 0 Å². The Labute approximate surface area is 145 Å². The summed E-state index contributed by atoms with van der Waals surface area (Å²) in [6.45, 7) is 0.231. The summed E-state index contributed by atoms with van der Waals surface area (Å²) in [6, 6.07) is 6.48. The van der Waals surface area contributed by atoms with Crippen molar-refractivity contribution in [1.29, 1.82) is 0 Å². The van der Waals surface area contributed by atoms with Gasteiger partial charge in [-0.1, -0.05) is 25.0 Å². The quantitative estimate of drug-likeness (QED) is 0.225. The maximum absolute atomic E-state index is 12.1. The molecule has 9 nitrogen and oxygen atoms in total. The number of hydrazine groups is 1. The van der Waals surface area contributed by atoms with Crippen LogP contribution in [0.25, 0.3) is 0 Å². The van der Waals surface area contributed by atoms with E-state index in [2.05, 4.69) is 5.28 Å². The van der Waals surface area contributed by atoms with E-state index >= 15 is 0 Å². The van der Waals surface area contributed by atoms with E-state index in [0.29, 0.717) is 17.7 Å². The molecule has 0 spiro atoms. The highest BCUT2D eigenvalue weighted by molar-refractivity contribution is 6.21. The highest BCUT2D eigenvalue weighted by Crippen LogP contribution is 2.22. The topological polar surface area (TPSA) is 109 Å². The van der Waals surface area contributed by atoms with Crippen LogP contribution in [0.15, 0.2) is 29.5 Å². The van der Waals surface area contributed by atoms with Crippen molar-refractivity contribution >= 4 is 11.8 Å². The van der Waals surface area contributed by atoms with E-state index in [1.807, 2.05) is 0 Å². The molecule has 2 amide bonds. The summed E-state index contributed by atoms with van der Waals surface area (Å²) in [7, 11) is 1.56. The Morgan fingerprint density at radius 1 is 1.16 bits per heavy atom. The zero-order chi connectivity index (χ0) is 18.2. The molecule has 0 unspecified atom stereocenters. The van der Waals surface area contributed by atoms with Crippen LogP contribution in [0, 0.1) is 5.21 Å². The second-order valence-corrected chi connectivity index (χ2v) is 5.70. The van der Waals surface area contributed by atoms with Gasteiger partial charge in [0.2, 0.25) is 12.0 Å². The Kier molecular flexibility index (Phi) is 6.70. The van der Waals surface area contributed by atoms with Gasteiger partial charge < -0.3 is 15.2 Å². The average Bonchev–Trinajstić information content (AvgIpc) is 2.86. The lowest BCUT2D eigenvalue weighted by molar-refractivity contribution is -0.705. The number of nitrogens with zero attached hydrogens (tertiary/aromatic N) is 4. The molecule has 1 aromatic carbocycles. The summed E-state index contributed by atoms with van der Waals surface area (Å²) in [6.07, 6.45) is 3.33. The molecule has 136 valence electrons. The van der Waals surface area contributed by atoms with Gasteiger partial charge in [-0.05, 0) is 25.0 Å². The molecule has 0 bridgehead atoms. The van der Waals surface area contributed by atoms with Gasteiger partial charge in [0.15, 0.2) is 0 Å². The molecule has 1 aliphatic heterocycles. The van der Waals surface area contributed by atoms with Gasteiger partial charge in [0.05, 0.1) is 29.7 Å². The second kappa shape index (κ2) is 8.97. The SMILES string of the molecule is CN(CCCCCCO)[N+]([O-])=NOCN1C(=O)c2ccccc2C1=O. The number of hydrogen-bond donors (Lipinski definition) is 1. The van der Waals surface area contributed by atoms with Gasteiger partial charge in [0.1, 0.15) is 0 Å². The minimum absolute atomic E-state index is 0.171. The summed E-state index contributed by atoms with van der Waals surface area (Å²) in [5, 5.41) is 25.1. The molecule has 0 radical (unpaired) electrons. The van der Waals surface area contributed by atoms with E-state index in [0.717, 1.165) is 30.6 Å². The number of imide groups is 1. The van der Waals surface area contributed by atoms with Gasteiger partial charge in [-0.15, -0.1) is 5.01 Å². The average molecular weight is 350 g/mol. The fourth-order valence-electron chi connectivity index (χ4n) is 2.44. The molecule has 0 fully saturated rings. The zero-order valence-electron chi connectivity index (χ0n) is 14.1. The zero-order valence-corrected chi connectivity index (χ0v) is 14.1. The molecule has 0 saturated carbocycles. The molecule has 0 aromatic heterocycles. The normalized spacial score (nSPS) is 14.0. The van der Waals surface area contributed by atoms with Crippen LogP contribution < -0.4 is 0 Å². The van der Waals surface area contributed by atoms with Crippen LogP contribution in [0.1, 0.15) is 46.4 Å². The first-order chi connectivity index (χ1) is 12.1. The van der Waals surface area contributed by atoms with Crippen molar-refractivity contribution in [1.82, 2.24) is 9.91 Å². The third kappa shape index (κ3) is 4.66. The fraction of sp³-hybridized carbons (Fsp3) is 0.500. The highest BCUT2D eigenvalue weighted by Gasteiger charge is 2.35. The Bertz CT molecular complexity index is 614. The Morgan fingerprint density at radius 3 is 2.36 bits per heavy atom. The third-order valence-corrected chi connectivity index (χ3v) is 3.87. The van der Waals surface area contributed by atoms with E-state index in [9.17, 15) is 14.8 Å². The van der Waals surface area contributed by atoms with Crippen molar-refractivity contribution in [2.24, 2.45) is 5.28 Å². The lowest BCUT2D eigenvalue weighted by Crippen LogP contribution is -2.32.